The van der Waals surface area contributed by atoms with Crippen LogP contribution in [-0.4, -0.2) is 27.9 Å². The van der Waals surface area contributed by atoms with Crippen molar-refractivity contribution in [3.63, 3.8) is 0 Å². The zero-order valence-corrected chi connectivity index (χ0v) is 11.3. The van der Waals surface area contributed by atoms with E-state index in [1.54, 1.807) is 0 Å². The van der Waals surface area contributed by atoms with Crippen LogP contribution in [-0.2, 0) is 8.85 Å². The summed E-state index contributed by atoms with van der Waals surface area (Å²) in [6.45, 7) is 7.86. The van der Waals surface area contributed by atoms with Gasteiger partial charge in [0.2, 0.25) is 0 Å². The van der Waals surface area contributed by atoms with E-state index >= 15 is 0 Å². The van der Waals surface area contributed by atoms with E-state index < -0.39 is 8.56 Å². The Kier molecular flexibility index (Phi) is 8.27. The molecule has 0 heterocycles. The Morgan fingerprint density at radius 1 is 1.08 bits per heavy atom. The van der Waals surface area contributed by atoms with Gasteiger partial charge in [0.05, 0.1) is 0 Å². The first-order chi connectivity index (χ1) is 6.24. The topological polar surface area (TPSA) is 18.5 Å². The van der Waals surface area contributed by atoms with Crippen LogP contribution in [0.4, 0.5) is 0 Å². The fourth-order valence-electron chi connectivity index (χ4n) is 1.46. The standard InChI is InChI=1S/C9H23O2PSi/c1-4-10-13(6-3,11-5-2)9-7-8-12/h4-9,12H2,1-3H3. The Morgan fingerprint density at radius 3 is 1.92 bits per heavy atom. The van der Waals surface area contributed by atoms with E-state index in [4.69, 9.17) is 8.85 Å². The Labute approximate surface area is 85.8 Å². The molecule has 1 unspecified atom stereocenters. The molecule has 0 aliphatic carbocycles. The van der Waals surface area contributed by atoms with Crippen LogP contribution < -0.4 is 0 Å². The molecule has 0 aliphatic rings. The van der Waals surface area contributed by atoms with Crippen LogP contribution >= 0.6 is 9.24 Å². The van der Waals surface area contributed by atoms with Gasteiger partial charge in [0.1, 0.15) is 0 Å². The van der Waals surface area contributed by atoms with E-state index in [-0.39, 0.29) is 0 Å². The second-order valence-electron chi connectivity index (χ2n) is 3.02. The van der Waals surface area contributed by atoms with Gasteiger partial charge >= 0.3 is 8.56 Å². The van der Waals surface area contributed by atoms with Crippen molar-refractivity contribution >= 4 is 17.8 Å². The first-order valence-corrected chi connectivity index (χ1v) is 8.27. The van der Waals surface area contributed by atoms with E-state index in [1.807, 2.05) is 0 Å². The molecule has 13 heavy (non-hydrogen) atoms. The molecule has 0 saturated carbocycles. The molecule has 0 bridgehead atoms. The maximum atomic E-state index is 5.83. The molecule has 0 N–H and O–H groups in total. The van der Waals surface area contributed by atoms with Crippen molar-refractivity contribution < 1.29 is 8.85 Å². The Morgan fingerprint density at radius 2 is 1.62 bits per heavy atom. The molecule has 0 rings (SSSR count). The third-order valence-electron chi connectivity index (χ3n) is 2.12. The van der Waals surface area contributed by atoms with Crippen LogP contribution in [0.5, 0.6) is 0 Å². The van der Waals surface area contributed by atoms with Crippen molar-refractivity contribution in [3.05, 3.63) is 0 Å². The van der Waals surface area contributed by atoms with Crippen molar-refractivity contribution in [1.29, 1.82) is 0 Å². The third-order valence-corrected chi connectivity index (χ3v) is 6.35. The van der Waals surface area contributed by atoms with Crippen LogP contribution in [0.25, 0.3) is 0 Å². The van der Waals surface area contributed by atoms with Crippen molar-refractivity contribution in [2.24, 2.45) is 0 Å². The maximum absolute atomic E-state index is 5.83. The molecule has 0 spiro atoms. The highest BCUT2D eigenvalue weighted by Gasteiger charge is 2.33. The number of hydrogen-bond donors (Lipinski definition) is 0. The minimum absolute atomic E-state index is 0.789. The first-order valence-electron chi connectivity index (χ1n) is 5.22. The highest BCUT2D eigenvalue weighted by atomic mass is 31.0. The van der Waals surface area contributed by atoms with Crippen LogP contribution in [0, 0.1) is 0 Å². The molecule has 2 nitrogen and oxygen atoms in total. The van der Waals surface area contributed by atoms with Crippen molar-refractivity contribution in [2.75, 3.05) is 19.4 Å². The second kappa shape index (κ2) is 7.92. The van der Waals surface area contributed by atoms with Gasteiger partial charge in [-0.05, 0) is 38.5 Å². The summed E-state index contributed by atoms with van der Waals surface area (Å²) in [5.41, 5.74) is 0. The summed E-state index contributed by atoms with van der Waals surface area (Å²) in [4.78, 5) is 0. The fourth-order valence-corrected chi connectivity index (χ4v) is 5.01. The normalized spacial score (nSPS) is 12.0. The summed E-state index contributed by atoms with van der Waals surface area (Å²) in [6.07, 6.45) is 2.35. The molecule has 0 aliphatic heterocycles. The molecular weight excluding hydrogens is 199 g/mol. The van der Waals surface area contributed by atoms with E-state index in [9.17, 15) is 0 Å². The molecule has 0 fully saturated rings. The summed E-state index contributed by atoms with van der Waals surface area (Å²) in [5, 5.41) is 0. The zero-order chi connectivity index (χ0) is 10.2. The molecule has 1 atom stereocenters. The zero-order valence-electron chi connectivity index (χ0n) is 9.14. The second-order valence-corrected chi connectivity index (χ2v) is 7.21. The monoisotopic (exact) mass is 222 g/mol. The summed E-state index contributed by atoms with van der Waals surface area (Å²) >= 11 is 0. The van der Waals surface area contributed by atoms with Gasteiger partial charge < -0.3 is 8.85 Å². The smallest absolute Gasteiger partial charge is 0.337 e. The van der Waals surface area contributed by atoms with Gasteiger partial charge in [-0.2, -0.15) is 0 Å². The largest absolute Gasteiger partial charge is 0.394 e. The average molecular weight is 222 g/mol. The SMILES string of the molecule is CCO[Si](CC)(CCCP)OCC. The lowest BCUT2D eigenvalue weighted by molar-refractivity contribution is 0.183. The van der Waals surface area contributed by atoms with Gasteiger partial charge in [0, 0.05) is 13.2 Å². The summed E-state index contributed by atoms with van der Waals surface area (Å²) in [5.74, 6) is 0. The maximum Gasteiger partial charge on any atom is 0.337 e. The van der Waals surface area contributed by atoms with Crippen LogP contribution in [0.2, 0.25) is 12.1 Å². The molecule has 0 radical (unpaired) electrons. The lowest BCUT2D eigenvalue weighted by Gasteiger charge is -2.28. The summed E-state index contributed by atoms with van der Waals surface area (Å²) in [6, 6.07) is 2.20. The Bertz CT molecular complexity index is 116. The molecule has 0 aromatic carbocycles. The van der Waals surface area contributed by atoms with Gasteiger partial charge in [0.25, 0.3) is 0 Å². The third kappa shape index (κ3) is 5.11. The quantitative estimate of drug-likeness (QED) is 0.464. The van der Waals surface area contributed by atoms with Gasteiger partial charge in [-0.3, -0.25) is 0 Å². The van der Waals surface area contributed by atoms with Gasteiger partial charge in [-0.1, -0.05) is 6.92 Å². The van der Waals surface area contributed by atoms with Crippen molar-refractivity contribution in [2.45, 2.75) is 39.3 Å². The van der Waals surface area contributed by atoms with Crippen LogP contribution in [0.1, 0.15) is 27.2 Å². The minimum atomic E-state index is -1.80. The van der Waals surface area contributed by atoms with E-state index in [0.717, 1.165) is 31.5 Å². The predicted octanol–water partition coefficient (Wildman–Crippen LogP) is 2.79. The minimum Gasteiger partial charge on any atom is -0.394 e. The highest BCUT2D eigenvalue weighted by Crippen LogP contribution is 2.21. The summed E-state index contributed by atoms with van der Waals surface area (Å²) < 4.78 is 11.7. The molecule has 0 saturated heterocycles. The Balaban J connectivity index is 4.07. The molecule has 4 heteroatoms. The van der Waals surface area contributed by atoms with Crippen molar-refractivity contribution in [3.8, 4) is 0 Å². The summed E-state index contributed by atoms with van der Waals surface area (Å²) in [7, 11) is 0.958. The molecular formula is C9H23O2PSi. The predicted molar refractivity (Wildman–Crippen MR) is 63.5 cm³/mol. The molecule has 0 aromatic rings. The number of rotatable bonds is 8. The lowest BCUT2D eigenvalue weighted by Crippen LogP contribution is -2.41. The van der Waals surface area contributed by atoms with Crippen LogP contribution in [0.3, 0.4) is 0 Å². The van der Waals surface area contributed by atoms with Crippen molar-refractivity contribution in [1.82, 2.24) is 0 Å². The van der Waals surface area contributed by atoms with Gasteiger partial charge in [-0.25, -0.2) is 0 Å². The van der Waals surface area contributed by atoms with E-state index in [2.05, 4.69) is 30.0 Å². The van der Waals surface area contributed by atoms with E-state index in [1.165, 1.54) is 6.42 Å². The van der Waals surface area contributed by atoms with Gasteiger partial charge in [-0.15, -0.1) is 9.24 Å². The van der Waals surface area contributed by atoms with Gasteiger partial charge in [0.15, 0.2) is 0 Å². The molecule has 0 aromatic heterocycles. The molecule has 0 amide bonds. The average Bonchev–Trinajstić information content (AvgIpc) is 2.15. The fraction of sp³-hybridized carbons (Fsp3) is 1.00. The lowest BCUT2D eigenvalue weighted by atomic mass is 10.6. The molecule has 80 valence electrons. The first kappa shape index (κ1) is 13.6. The Hall–Kier alpha value is 0.567. The van der Waals surface area contributed by atoms with E-state index in [0.29, 0.717) is 0 Å². The van der Waals surface area contributed by atoms with Crippen LogP contribution in [0.15, 0.2) is 0 Å². The number of hydrogen-bond acceptors (Lipinski definition) is 2. The highest BCUT2D eigenvalue weighted by molar-refractivity contribution is 7.16.